The summed E-state index contributed by atoms with van der Waals surface area (Å²) in [4.78, 5) is 22.0. The predicted octanol–water partition coefficient (Wildman–Crippen LogP) is 2.40. The second-order valence-electron chi connectivity index (χ2n) is 4.70. The third-order valence-electron chi connectivity index (χ3n) is 3.27. The van der Waals surface area contributed by atoms with Gasteiger partial charge in [0, 0.05) is 31.9 Å². The summed E-state index contributed by atoms with van der Waals surface area (Å²) >= 11 is 5.89. The Balaban J connectivity index is 1.89. The van der Waals surface area contributed by atoms with Gasteiger partial charge >= 0.3 is 0 Å². The summed E-state index contributed by atoms with van der Waals surface area (Å²) < 4.78 is 5.26. The topological polar surface area (TPSA) is 81.5 Å². The van der Waals surface area contributed by atoms with E-state index in [1.807, 2.05) is 0 Å². The molecular weight excluding hydrogens is 284 g/mol. The van der Waals surface area contributed by atoms with E-state index in [9.17, 15) is 14.9 Å². The zero-order valence-corrected chi connectivity index (χ0v) is 11.6. The highest BCUT2D eigenvalue weighted by Crippen LogP contribution is 2.22. The van der Waals surface area contributed by atoms with Crippen molar-refractivity contribution in [1.29, 1.82) is 0 Å². The second-order valence-corrected chi connectivity index (χ2v) is 5.10. The Morgan fingerprint density at radius 1 is 1.55 bits per heavy atom. The quantitative estimate of drug-likeness (QED) is 0.668. The van der Waals surface area contributed by atoms with Crippen molar-refractivity contribution in [2.45, 2.75) is 12.8 Å². The van der Waals surface area contributed by atoms with Gasteiger partial charge < -0.3 is 10.1 Å². The van der Waals surface area contributed by atoms with E-state index in [0.717, 1.165) is 26.1 Å². The lowest BCUT2D eigenvalue weighted by Crippen LogP contribution is -2.26. The molecular formula is C13H15ClN2O4. The summed E-state index contributed by atoms with van der Waals surface area (Å²) in [5.41, 5.74) is 0.120. The van der Waals surface area contributed by atoms with Crippen LogP contribution in [0.4, 0.5) is 5.69 Å². The molecule has 1 amide bonds. The van der Waals surface area contributed by atoms with Crippen molar-refractivity contribution in [3.8, 4) is 0 Å². The molecule has 0 spiro atoms. The zero-order chi connectivity index (χ0) is 14.5. The molecule has 1 aliphatic rings. The highest BCUT2D eigenvalue weighted by molar-refractivity contribution is 6.34. The number of rotatable bonds is 5. The first kappa shape index (κ1) is 14.7. The number of carbonyl (C=O) groups excluding carboxylic acids is 1. The molecule has 108 valence electrons. The lowest BCUT2D eigenvalue weighted by atomic mass is 10.1. The molecule has 0 saturated carbocycles. The van der Waals surface area contributed by atoms with Crippen LogP contribution in [-0.2, 0) is 4.74 Å². The van der Waals surface area contributed by atoms with Crippen molar-refractivity contribution >= 4 is 23.2 Å². The lowest BCUT2D eigenvalue weighted by molar-refractivity contribution is -0.384. The number of hydrogen-bond acceptors (Lipinski definition) is 4. The maximum Gasteiger partial charge on any atom is 0.270 e. The first-order valence-electron chi connectivity index (χ1n) is 6.38. The Labute approximate surface area is 121 Å². The lowest BCUT2D eigenvalue weighted by Gasteiger charge is -2.09. The smallest absolute Gasteiger partial charge is 0.270 e. The van der Waals surface area contributed by atoms with E-state index in [0.29, 0.717) is 12.5 Å². The summed E-state index contributed by atoms with van der Waals surface area (Å²) in [5.74, 6) is 0.173. The number of carbonyl (C=O) groups is 1. The van der Waals surface area contributed by atoms with Crippen molar-refractivity contribution in [3.05, 3.63) is 38.9 Å². The maximum absolute atomic E-state index is 11.9. The Kier molecular flexibility index (Phi) is 4.92. The molecule has 20 heavy (non-hydrogen) atoms. The largest absolute Gasteiger partial charge is 0.381 e. The summed E-state index contributed by atoms with van der Waals surface area (Å²) in [5, 5.41) is 13.4. The average Bonchev–Trinajstić information content (AvgIpc) is 2.91. The number of halogens is 1. The fraction of sp³-hybridized carbons (Fsp3) is 0.462. The van der Waals surface area contributed by atoms with Gasteiger partial charge in [-0.25, -0.2) is 0 Å². The average molecular weight is 299 g/mol. The number of non-ortho nitro benzene ring substituents is 1. The fourth-order valence-corrected chi connectivity index (χ4v) is 2.36. The van der Waals surface area contributed by atoms with Gasteiger partial charge in [0.1, 0.15) is 0 Å². The van der Waals surface area contributed by atoms with Crippen LogP contribution in [0, 0.1) is 16.0 Å². The van der Waals surface area contributed by atoms with Gasteiger partial charge in [-0.3, -0.25) is 14.9 Å². The normalized spacial score (nSPS) is 17.9. The van der Waals surface area contributed by atoms with Gasteiger partial charge in [0.25, 0.3) is 11.6 Å². The van der Waals surface area contributed by atoms with Gasteiger partial charge in [-0.2, -0.15) is 0 Å². The van der Waals surface area contributed by atoms with Crippen molar-refractivity contribution < 1.29 is 14.5 Å². The van der Waals surface area contributed by atoms with Crippen LogP contribution in [0.15, 0.2) is 18.2 Å². The van der Waals surface area contributed by atoms with Crippen LogP contribution < -0.4 is 5.32 Å². The molecule has 7 heteroatoms. The molecule has 1 heterocycles. The monoisotopic (exact) mass is 298 g/mol. The fourth-order valence-electron chi connectivity index (χ4n) is 2.10. The Morgan fingerprint density at radius 2 is 2.35 bits per heavy atom. The van der Waals surface area contributed by atoms with Crippen molar-refractivity contribution in [2.24, 2.45) is 5.92 Å². The molecule has 0 aromatic heterocycles. The van der Waals surface area contributed by atoms with Gasteiger partial charge in [0.2, 0.25) is 0 Å². The minimum atomic E-state index is -0.548. The Morgan fingerprint density at radius 3 is 2.95 bits per heavy atom. The van der Waals surface area contributed by atoms with Gasteiger partial charge in [0.15, 0.2) is 0 Å². The van der Waals surface area contributed by atoms with E-state index >= 15 is 0 Å². The number of hydrogen-bond donors (Lipinski definition) is 1. The standard InChI is InChI=1S/C13H15ClN2O4/c14-12-7-10(16(18)19)1-2-11(12)13(17)15-5-3-9-4-6-20-8-9/h1-2,7,9H,3-6,8H2,(H,15,17). The van der Waals surface area contributed by atoms with Crippen LogP contribution in [0.5, 0.6) is 0 Å². The SMILES string of the molecule is O=C(NCCC1CCOC1)c1ccc([N+](=O)[O-])cc1Cl. The molecule has 1 unspecified atom stereocenters. The van der Waals surface area contributed by atoms with E-state index < -0.39 is 4.92 Å². The molecule has 1 saturated heterocycles. The minimum absolute atomic E-state index is 0.0842. The first-order valence-corrected chi connectivity index (χ1v) is 6.75. The van der Waals surface area contributed by atoms with Gasteiger partial charge in [-0.1, -0.05) is 11.6 Å². The molecule has 1 aliphatic heterocycles. The molecule has 1 N–H and O–H groups in total. The van der Waals surface area contributed by atoms with Crippen LogP contribution in [-0.4, -0.2) is 30.6 Å². The van der Waals surface area contributed by atoms with E-state index in [1.54, 1.807) is 0 Å². The minimum Gasteiger partial charge on any atom is -0.381 e. The molecule has 6 nitrogen and oxygen atoms in total. The predicted molar refractivity (Wildman–Crippen MR) is 74.0 cm³/mol. The molecule has 0 aliphatic carbocycles. The highest BCUT2D eigenvalue weighted by atomic mass is 35.5. The van der Waals surface area contributed by atoms with Gasteiger partial charge in [0.05, 0.1) is 15.5 Å². The van der Waals surface area contributed by atoms with Crippen LogP contribution in [0.2, 0.25) is 5.02 Å². The number of ether oxygens (including phenoxy) is 1. The highest BCUT2D eigenvalue weighted by Gasteiger charge is 2.17. The molecule has 1 aromatic rings. The first-order chi connectivity index (χ1) is 9.58. The number of nitrogens with one attached hydrogen (secondary N) is 1. The number of amides is 1. The molecule has 1 fully saturated rings. The Bertz CT molecular complexity index is 515. The summed E-state index contributed by atoms with van der Waals surface area (Å²) in [6, 6.07) is 3.82. The van der Waals surface area contributed by atoms with Crippen LogP contribution in [0.25, 0.3) is 0 Å². The number of benzene rings is 1. The number of nitro groups is 1. The van der Waals surface area contributed by atoms with Crippen molar-refractivity contribution in [1.82, 2.24) is 5.32 Å². The van der Waals surface area contributed by atoms with E-state index in [-0.39, 0.29) is 22.2 Å². The summed E-state index contributed by atoms with van der Waals surface area (Å²) in [7, 11) is 0. The third kappa shape index (κ3) is 3.68. The zero-order valence-electron chi connectivity index (χ0n) is 10.8. The second kappa shape index (κ2) is 6.67. The Hall–Kier alpha value is -1.66. The third-order valence-corrected chi connectivity index (χ3v) is 3.58. The van der Waals surface area contributed by atoms with Crippen LogP contribution >= 0.6 is 11.6 Å². The molecule has 1 aromatic carbocycles. The van der Waals surface area contributed by atoms with Gasteiger partial charge in [-0.05, 0) is 24.8 Å². The molecule has 0 radical (unpaired) electrons. The van der Waals surface area contributed by atoms with Gasteiger partial charge in [-0.15, -0.1) is 0 Å². The van der Waals surface area contributed by atoms with Crippen molar-refractivity contribution in [2.75, 3.05) is 19.8 Å². The summed E-state index contributed by atoms with van der Waals surface area (Å²) in [6.45, 7) is 2.07. The van der Waals surface area contributed by atoms with E-state index in [2.05, 4.69) is 5.32 Å². The van der Waals surface area contributed by atoms with Crippen LogP contribution in [0.1, 0.15) is 23.2 Å². The van der Waals surface area contributed by atoms with Crippen molar-refractivity contribution in [3.63, 3.8) is 0 Å². The summed E-state index contributed by atoms with van der Waals surface area (Å²) in [6.07, 6.45) is 1.88. The molecule has 0 bridgehead atoms. The van der Waals surface area contributed by atoms with E-state index in [4.69, 9.17) is 16.3 Å². The maximum atomic E-state index is 11.9. The van der Waals surface area contributed by atoms with E-state index in [1.165, 1.54) is 18.2 Å². The van der Waals surface area contributed by atoms with Crippen LogP contribution in [0.3, 0.4) is 0 Å². The number of nitro benzene ring substituents is 1. The number of nitrogens with zero attached hydrogens (tertiary/aromatic N) is 1. The molecule has 2 rings (SSSR count). The molecule has 1 atom stereocenters.